The van der Waals surface area contributed by atoms with Gasteiger partial charge in [0.15, 0.2) is 11.5 Å². The van der Waals surface area contributed by atoms with Gasteiger partial charge in [0, 0.05) is 30.6 Å². The van der Waals surface area contributed by atoms with Gasteiger partial charge in [0.25, 0.3) is 0 Å². The van der Waals surface area contributed by atoms with Crippen molar-refractivity contribution in [1.82, 2.24) is 10.2 Å². The summed E-state index contributed by atoms with van der Waals surface area (Å²) in [5.74, 6) is -0.282. The van der Waals surface area contributed by atoms with Gasteiger partial charge in [-0.3, -0.25) is 9.59 Å². The van der Waals surface area contributed by atoms with E-state index in [2.05, 4.69) is 18.8 Å². The molecule has 9 nitrogen and oxygen atoms in total. The molecule has 0 aromatic heterocycles. The van der Waals surface area contributed by atoms with Crippen LogP contribution in [0.3, 0.4) is 0 Å². The quantitative estimate of drug-likeness (QED) is 0.186. The lowest BCUT2D eigenvalue weighted by atomic mass is 9.77. The molecule has 0 saturated heterocycles. The van der Waals surface area contributed by atoms with Gasteiger partial charge in [-0.15, -0.1) is 6.58 Å². The first-order chi connectivity index (χ1) is 18.9. The zero-order chi connectivity index (χ0) is 28.4. The number of unbranched alkanes of at least 4 members (excludes halogenated alkanes) is 5. The Hall–Kier alpha value is -2.88. The molecule has 1 aliphatic heterocycles. The predicted molar refractivity (Wildman–Crippen MR) is 149 cm³/mol. The number of rotatable bonds is 16. The molecule has 0 bridgehead atoms. The molecule has 4 N–H and O–H groups in total. The van der Waals surface area contributed by atoms with Gasteiger partial charge in [-0.05, 0) is 49.5 Å². The number of carbonyl (C=O) groups excluding carboxylic acids is 2. The van der Waals surface area contributed by atoms with Crippen LogP contribution < -0.4 is 14.8 Å². The molecule has 1 aliphatic carbocycles. The summed E-state index contributed by atoms with van der Waals surface area (Å²) in [7, 11) is 1.50. The van der Waals surface area contributed by atoms with Crippen LogP contribution in [0.5, 0.6) is 11.5 Å². The zero-order valence-electron chi connectivity index (χ0n) is 23.2. The van der Waals surface area contributed by atoms with Crippen molar-refractivity contribution < 1.29 is 34.4 Å². The summed E-state index contributed by atoms with van der Waals surface area (Å²) >= 11 is 0. The fraction of sp³-hybridized carbons (Fsp3) is 0.600. The van der Waals surface area contributed by atoms with Crippen LogP contribution in [-0.4, -0.2) is 77.1 Å². The lowest BCUT2D eigenvalue weighted by Gasteiger charge is -2.41. The van der Waals surface area contributed by atoms with E-state index in [1.807, 2.05) is 6.08 Å². The van der Waals surface area contributed by atoms with Crippen molar-refractivity contribution in [3.8, 4) is 11.5 Å². The first-order valence-corrected chi connectivity index (χ1v) is 14.1. The number of ether oxygens (including phenoxy) is 2. The van der Waals surface area contributed by atoms with Crippen molar-refractivity contribution in [1.29, 1.82) is 0 Å². The van der Waals surface area contributed by atoms with E-state index in [9.17, 15) is 24.9 Å². The Bertz CT molecular complexity index is 1020. The van der Waals surface area contributed by atoms with E-state index in [4.69, 9.17) is 9.47 Å². The number of methoxy groups -OCH3 is 1. The van der Waals surface area contributed by atoms with Gasteiger partial charge >= 0.3 is 0 Å². The van der Waals surface area contributed by atoms with Crippen LogP contribution >= 0.6 is 0 Å². The van der Waals surface area contributed by atoms with E-state index in [1.54, 1.807) is 23.1 Å². The summed E-state index contributed by atoms with van der Waals surface area (Å²) < 4.78 is 11.8. The summed E-state index contributed by atoms with van der Waals surface area (Å²) in [5.41, 5.74) is 1.59. The number of amides is 2. The SMILES string of the molecule is C=CCCCCC(=O)N(CCCCCC)C1C=C(C(=O)NCCO)C2c3cc(CO)cc(OC)c3OC2C1O. The van der Waals surface area contributed by atoms with Gasteiger partial charge in [-0.2, -0.15) is 0 Å². The zero-order valence-corrected chi connectivity index (χ0v) is 23.2. The Morgan fingerprint density at radius 3 is 2.64 bits per heavy atom. The third kappa shape index (κ3) is 7.21. The van der Waals surface area contributed by atoms with E-state index >= 15 is 0 Å². The average molecular weight is 545 g/mol. The first kappa shape index (κ1) is 30.7. The smallest absolute Gasteiger partial charge is 0.247 e. The molecule has 0 saturated carbocycles. The van der Waals surface area contributed by atoms with Crippen LogP contribution in [0.4, 0.5) is 0 Å². The van der Waals surface area contributed by atoms with Gasteiger partial charge in [0.2, 0.25) is 11.8 Å². The monoisotopic (exact) mass is 544 g/mol. The van der Waals surface area contributed by atoms with Gasteiger partial charge < -0.3 is 35.0 Å². The molecule has 39 heavy (non-hydrogen) atoms. The number of aliphatic hydroxyl groups excluding tert-OH is 3. The highest BCUT2D eigenvalue weighted by Crippen LogP contribution is 2.51. The van der Waals surface area contributed by atoms with Gasteiger partial charge in [0.1, 0.15) is 12.2 Å². The summed E-state index contributed by atoms with van der Waals surface area (Å²) in [5, 5.41) is 33.5. The normalized spacial score (nSPS) is 21.3. The maximum atomic E-state index is 13.5. The molecule has 1 heterocycles. The summed E-state index contributed by atoms with van der Waals surface area (Å²) in [6.07, 6.45) is 8.20. The fourth-order valence-electron chi connectivity index (χ4n) is 5.48. The number of hydrogen-bond acceptors (Lipinski definition) is 7. The van der Waals surface area contributed by atoms with Gasteiger partial charge in [0.05, 0.1) is 32.3 Å². The summed E-state index contributed by atoms with van der Waals surface area (Å²) in [4.78, 5) is 28.6. The Kier molecular flexibility index (Phi) is 11.8. The topological polar surface area (TPSA) is 129 Å². The molecule has 9 heteroatoms. The maximum Gasteiger partial charge on any atom is 0.247 e. The Morgan fingerprint density at radius 1 is 1.18 bits per heavy atom. The molecule has 1 aromatic rings. The van der Waals surface area contributed by atoms with Gasteiger partial charge in [-0.25, -0.2) is 0 Å². The number of nitrogens with zero attached hydrogens (tertiary/aromatic N) is 1. The highest BCUT2D eigenvalue weighted by Gasteiger charge is 2.51. The minimum absolute atomic E-state index is 0.0669. The van der Waals surface area contributed by atoms with Crippen molar-refractivity contribution in [2.24, 2.45) is 0 Å². The molecule has 4 atom stereocenters. The second-order valence-corrected chi connectivity index (χ2v) is 10.2. The molecule has 2 amide bonds. The standard InChI is InChI=1S/C30H44N2O7/c1-4-6-8-10-12-25(35)32(14-11-9-7-5-2)23-18-22(30(37)31-13-15-33)26-21-16-20(19-34)17-24(38-3)28(21)39-29(26)27(23)36/h4,16-18,23,26-27,29,33-34,36H,1,5-15,19H2,2-3H3,(H,31,37). The molecule has 216 valence electrons. The predicted octanol–water partition coefficient (Wildman–Crippen LogP) is 2.97. The van der Waals surface area contributed by atoms with Crippen LogP contribution in [0.2, 0.25) is 0 Å². The average Bonchev–Trinajstić information content (AvgIpc) is 3.34. The summed E-state index contributed by atoms with van der Waals surface area (Å²) in [6, 6.07) is 2.67. The molecule has 4 unspecified atom stereocenters. The Balaban J connectivity index is 2.01. The van der Waals surface area contributed by atoms with Crippen molar-refractivity contribution >= 4 is 11.8 Å². The highest BCUT2D eigenvalue weighted by atomic mass is 16.5. The maximum absolute atomic E-state index is 13.5. The fourth-order valence-corrected chi connectivity index (χ4v) is 5.48. The number of fused-ring (bicyclic) bond motifs is 3. The van der Waals surface area contributed by atoms with Crippen molar-refractivity contribution in [3.05, 3.63) is 47.6 Å². The third-order valence-corrected chi connectivity index (χ3v) is 7.48. The minimum atomic E-state index is -1.10. The number of aliphatic hydroxyl groups is 3. The largest absolute Gasteiger partial charge is 0.493 e. The first-order valence-electron chi connectivity index (χ1n) is 14.1. The van der Waals surface area contributed by atoms with E-state index in [-0.39, 0.29) is 25.7 Å². The second-order valence-electron chi connectivity index (χ2n) is 10.2. The minimum Gasteiger partial charge on any atom is -0.493 e. The molecule has 3 rings (SSSR count). The van der Waals surface area contributed by atoms with E-state index < -0.39 is 30.1 Å². The van der Waals surface area contributed by atoms with Crippen molar-refractivity contribution in [2.75, 3.05) is 26.8 Å². The van der Waals surface area contributed by atoms with Crippen LogP contribution in [0, 0.1) is 0 Å². The van der Waals surface area contributed by atoms with E-state index in [0.717, 1.165) is 38.5 Å². The number of carbonyl (C=O) groups is 2. The molecule has 0 radical (unpaired) electrons. The molecule has 2 aliphatic rings. The molecule has 0 fully saturated rings. The van der Waals surface area contributed by atoms with Crippen LogP contribution in [0.25, 0.3) is 0 Å². The van der Waals surface area contributed by atoms with Crippen molar-refractivity contribution in [3.63, 3.8) is 0 Å². The van der Waals surface area contributed by atoms with Crippen molar-refractivity contribution in [2.45, 2.75) is 89.1 Å². The lowest BCUT2D eigenvalue weighted by molar-refractivity contribution is -0.137. The van der Waals surface area contributed by atoms with E-state index in [1.165, 1.54) is 7.11 Å². The number of nitrogens with one attached hydrogen (secondary N) is 1. The van der Waals surface area contributed by atoms with Crippen LogP contribution in [0.15, 0.2) is 36.4 Å². The van der Waals surface area contributed by atoms with E-state index in [0.29, 0.717) is 47.6 Å². The lowest BCUT2D eigenvalue weighted by Crippen LogP contribution is -2.56. The highest BCUT2D eigenvalue weighted by molar-refractivity contribution is 5.96. The Morgan fingerprint density at radius 2 is 1.97 bits per heavy atom. The number of allylic oxidation sites excluding steroid dienone is 1. The molecular formula is C30H44N2O7. The second kappa shape index (κ2) is 15.1. The molecule has 1 aromatic carbocycles. The number of hydrogen-bond donors (Lipinski definition) is 4. The molecular weight excluding hydrogens is 500 g/mol. The van der Waals surface area contributed by atoms with Gasteiger partial charge in [-0.1, -0.05) is 32.3 Å². The summed E-state index contributed by atoms with van der Waals surface area (Å²) in [6.45, 7) is 5.95. The third-order valence-electron chi connectivity index (χ3n) is 7.48. The van der Waals surface area contributed by atoms with Crippen LogP contribution in [0.1, 0.15) is 75.3 Å². The number of benzene rings is 1. The molecule has 0 spiro atoms. The Labute approximate surface area is 231 Å². The van der Waals surface area contributed by atoms with Crippen LogP contribution in [-0.2, 0) is 16.2 Å².